The molecule has 0 saturated heterocycles. The normalized spacial score (nSPS) is 13.8. The smallest absolute Gasteiger partial charge is 0.276 e. The van der Waals surface area contributed by atoms with Crippen LogP contribution >= 0.6 is 11.3 Å². The van der Waals surface area contributed by atoms with Gasteiger partial charge in [0.25, 0.3) is 5.91 Å². The molecule has 3 heterocycles. The molecule has 7 heteroatoms. The lowest BCUT2D eigenvalue weighted by Gasteiger charge is -2.27. The van der Waals surface area contributed by atoms with Gasteiger partial charge < -0.3 is 4.90 Å². The van der Waals surface area contributed by atoms with Gasteiger partial charge in [-0.2, -0.15) is 0 Å². The Kier molecular flexibility index (Phi) is 4.38. The van der Waals surface area contributed by atoms with E-state index in [1.54, 1.807) is 24.4 Å². The molecule has 2 aromatic heterocycles. The van der Waals surface area contributed by atoms with Crippen LogP contribution in [0, 0.1) is 5.92 Å². The largest absolute Gasteiger partial charge is 0.337 e. The van der Waals surface area contributed by atoms with Crippen molar-refractivity contribution in [2.45, 2.75) is 26.8 Å². The van der Waals surface area contributed by atoms with Gasteiger partial charge in [-0.15, -0.1) is 0 Å². The topological polar surface area (TPSA) is 75.2 Å². The Morgan fingerprint density at radius 3 is 2.87 bits per heavy atom. The number of pyridine rings is 1. The number of fused-ring (bicyclic) bond motifs is 1. The number of aromatic nitrogens is 2. The Bertz CT molecular complexity index is 727. The third kappa shape index (κ3) is 3.39. The average molecular weight is 330 g/mol. The van der Waals surface area contributed by atoms with Crippen molar-refractivity contribution in [3.8, 4) is 0 Å². The summed E-state index contributed by atoms with van der Waals surface area (Å²) in [6.45, 7) is 5.07. The first kappa shape index (κ1) is 15.6. The summed E-state index contributed by atoms with van der Waals surface area (Å²) in [5.41, 5.74) is 1.33. The second-order valence-corrected chi connectivity index (χ2v) is 6.81. The van der Waals surface area contributed by atoms with Gasteiger partial charge in [-0.05, 0) is 12.1 Å². The molecule has 1 aliphatic heterocycles. The van der Waals surface area contributed by atoms with Crippen LogP contribution in [0.4, 0.5) is 5.13 Å². The van der Waals surface area contributed by atoms with Crippen LogP contribution in [0.15, 0.2) is 24.4 Å². The molecule has 0 aromatic carbocycles. The summed E-state index contributed by atoms with van der Waals surface area (Å²) in [7, 11) is 0. The molecule has 23 heavy (non-hydrogen) atoms. The number of amides is 2. The first-order valence-electron chi connectivity index (χ1n) is 7.54. The average Bonchev–Trinajstić information content (AvgIpc) is 2.96. The molecular formula is C16H18N4O2S. The van der Waals surface area contributed by atoms with Gasteiger partial charge in [-0.3, -0.25) is 19.9 Å². The number of thiazole rings is 1. The highest BCUT2D eigenvalue weighted by Gasteiger charge is 2.25. The van der Waals surface area contributed by atoms with Crippen molar-refractivity contribution in [3.05, 3.63) is 40.7 Å². The van der Waals surface area contributed by atoms with Gasteiger partial charge >= 0.3 is 0 Å². The molecule has 6 nitrogen and oxygen atoms in total. The van der Waals surface area contributed by atoms with Crippen LogP contribution in [0.3, 0.4) is 0 Å². The minimum absolute atomic E-state index is 0.00667. The van der Waals surface area contributed by atoms with Crippen molar-refractivity contribution in [3.63, 3.8) is 0 Å². The predicted octanol–water partition coefficient (Wildman–Crippen LogP) is 2.33. The van der Waals surface area contributed by atoms with Crippen LogP contribution in [0.2, 0.25) is 0 Å². The SMILES string of the molecule is CC(C)C(=O)N1CCc2nc(NC(=O)c3ccccn3)sc2C1. The molecule has 2 amide bonds. The molecular weight excluding hydrogens is 312 g/mol. The van der Waals surface area contributed by atoms with Crippen molar-refractivity contribution >= 4 is 28.3 Å². The first-order chi connectivity index (χ1) is 11.0. The Hall–Kier alpha value is -2.28. The Balaban J connectivity index is 1.71. The zero-order chi connectivity index (χ0) is 16.4. The third-order valence-corrected chi connectivity index (χ3v) is 4.65. The van der Waals surface area contributed by atoms with Crippen LogP contribution in [0.25, 0.3) is 0 Å². The predicted molar refractivity (Wildman–Crippen MR) is 88.3 cm³/mol. The number of carbonyl (C=O) groups is 2. The molecule has 0 radical (unpaired) electrons. The molecule has 120 valence electrons. The number of carbonyl (C=O) groups excluding carboxylic acids is 2. The first-order valence-corrected chi connectivity index (χ1v) is 8.36. The van der Waals surface area contributed by atoms with E-state index in [4.69, 9.17) is 0 Å². The molecule has 1 N–H and O–H groups in total. The zero-order valence-corrected chi connectivity index (χ0v) is 13.9. The van der Waals surface area contributed by atoms with Gasteiger partial charge in [0.1, 0.15) is 5.69 Å². The van der Waals surface area contributed by atoms with Gasteiger partial charge in [0.05, 0.1) is 12.2 Å². The number of nitrogens with zero attached hydrogens (tertiary/aromatic N) is 3. The number of nitrogens with one attached hydrogen (secondary N) is 1. The zero-order valence-electron chi connectivity index (χ0n) is 13.1. The van der Waals surface area contributed by atoms with Crippen LogP contribution in [0.5, 0.6) is 0 Å². The van der Waals surface area contributed by atoms with E-state index in [-0.39, 0.29) is 17.7 Å². The van der Waals surface area contributed by atoms with Gasteiger partial charge in [-0.25, -0.2) is 4.98 Å². The number of rotatable bonds is 3. The highest BCUT2D eigenvalue weighted by molar-refractivity contribution is 7.15. The molecule has 0 atom stereocenters. The lowest BCUT2D eigenvalue weighted by atomic mass is 10.1. The number of anilines is 1. The molecule has 0 bridgehead atoms. The molecule has 0 spiro atoms. The molecule has 0 fully saturated rings. The maximum Gasteiger partial charge on any atom is 0.276 e. The quantitative estimate of drug-likeness (QED) is 0.937. The van der Waals surface area contributed by atoms with Crippen molar-refractivity contribution < 1.29 is 9.59 Å². The van der Waals surface area contributed by atoms with Crippen LogP contribution < -0.4 is 5.32 Å². The number of hydrogen-bond donors (Lipinski definition) is 1. The van der Waals surface area contributed by atoms with Gasteiger partial charge in [0.15, 0.2) is 5.13 Å². The number of hydrogen-bond acceptors (Lipinski definition) is 5. The van der Waals surface area contributed by atoms with E-state index in [0.29, 0.717) is 23.9 Å². The van der Waals surface area contributed by atoms with Crippen molar-refractivity contribution in [1.29, 1.82) is 0 Å². The highest BCUT2D eigenvalue weighted by Crippen LogP contribution is 2.29. The van der Waals surface area contributed by atoms with E-state index in [1.807, 2.05) is 18.7 Å². The van der Waals surface area contributed by atoms with E-state index < -0.39 is 0 Å². The Morgan fingerprint density at radius 1 is 1.35 bits per heavy atom. The van der Waals surface area contributed by atoms with E-state index in [1.165, 1.54) is 11.3 Å². The second-order valence-electron chi connectivity index (χ2n) is 5.72. The molecule has 0 unspecified atom stereocenters. The van der Waals surface area contributed by atoms with Crippen LogP contribution in [-0.2, 0) is 17.8 Å². The summed E-state index contributed by atoms with van der Waals surface area (Å²) in [6, 6.07) is 5.19. The summed E-state index contributed by atoms with van der Waals surface area (Å²) in [5, 5.41) is 3.34. The van der Waals surface area contributed by atoms with Gasteiger partial charge in [0.2, 0.25) is 5.91 Å². The summed E-state index contributed by atoms with van der Waals surface area (Å²) >= 11 is 1.43. The molecule has 3 rings (SSSR count). The lowest BCUT2D eigenvalue weighted by Crippen LogP contribution is -2.37. The summed E-state index contributed by atoms with van der Waals surface area (Å²) in [4.78, 5) is 35.6. The standard InChI is InChI=1S/C16H18N4O2S/c1-10(2)15(22)20-8-6-11-13(9-20)23-16(18-11)19-14(21)12-5-3-4-7-17-12/h3-5,7,10H,6,8-9H2,1-2H3,(H,18,19,21). The van der Waals surface area contributed by atoms with Crippen molar-refractivity contribution in [1.82, 2.24) is 14.9 Å². The second kappa shape index (κ2) is 6.45. The van der Waals surface area contributed by atoms with E-state index in [9.17, 15) is 9.59 Å². The highest BCUT2D eigenvalue weighted by atomic mass is 32.1. The maximum absolute atomic E-state index is 12.1. The molecule has 2 aromatic rings. The minimum atomic E-state index is -0.271. The molecule has 1 aliphatic rings. The molecule has 0 aliphatic carbocycles. The van der Waals surface area contributed by atoms with E-state index in [0.717, 1.165) is 17.0 Å². The van der Waals surface area contributed by atoms with Crippen LogP contribution in [0.1, 0.15) is 34.9 Å². The third-order valence-electron chi connectivity index (χ3n) is 3.65. The summed E-state index contributed by atoms with van der Waals surface area (Å²) < 4.78 is 0. The van der Waals surface area contributed by atoms with Crippen molar-refractivity contribution in [2.24, 2.45) is 5.92 Å². The van der Waals surface area contributed by atoms with Gasteiger partial charge in [0, 0.05) is 30.0 Å². The van der Waals surface area contributed by atoms with Crippen molar-refractivity contribution in [2.75, 3.05) is 11.9 Å². The van der Waals surface area contributed by atoms with Gasteiger partial charge in [-0.1, -0.05) is 31.3 Å². The Morgan fingerprint density at radius 2 is 2.17 bits per heavy atom. The van der Waals surface area contributed by atoms with E-state index in [2.05, 4.69) is 15.3 Å². The maximum atomic E-state index is 12.1. The fourth-order valence-electron chi connectivity index (χ4n) is 2.46. The summed E-state index contributed by atoms with van der Waals surface area (Å²) in [6.07, 6.45) is 2.31. The Labute approximate surface area is 138 Å². The monoisotopic (exact) mass is 330 g/mol. The fraction of sp³-hybridized carbons (Fsp3) is 0.375. The van der Waals surface area contributed by atoms with E-state index >= 15 is 0 Å². The minimum Gasteiger partial charge on any atom is -0.337 e. The summed E-state index contributed by atoms with van der Waals surface area (Å²) in [5.74, 6) is -0.122. The molecule has 0 saturated carbocycles. The fourth-order valence-corrected chi connectivity index (χ4v) is 3.48. The van der Waals surface area contributed by atoms with Crippen LogP contribution in [-0.4, -0.2) is 33.2 Å². The lowest BCUT2D eigenvalue weighted by molar-refractivity contribution is -0.135.